The summed E-state index contributed by atoms with van der Waals surface area (Å²) in [5.41, 5.74) is 0.579. The number of carbonyl (C=O) groups excluding carboxylic acids is 1. The van der Waals surface area contributed by atoms with Crippen LogP contribution in [-0.4, -0.2) is 22.6 Å². The van der Waals surface area contributed by atoms with Crippen LogP contribution in [0, 0.1) is 6.92 Å². The Kier molecular flexibility index (Phi) is 7.51. The van der Waals surface area contributed by atoms with Crippen LogP contribution in [0.3, 0.4) is 0 Å². The van der Waals surface area contributed by atoms with Gasteiger partial charge in [0, 0.05) is 11.6 Å². The lowest BCUT2D eigenvalue weighted by Gasteiger charge is -2.23. The predicted molar refractivity (Wildman–Crippen MR) is 128 cm³/mol. The van der Waals surface area contributed by atoms with Crippen LogP contribution in [-0.2, 0) is 11.3 Å². The molecule has 172 valence electrons. The van der Waals surface area contributed by atoms with Crippen molar-refractivity contribution in [3.05, 3.63) is 87.4 Å². The van der Waals surface area contributed by atoms with Gasteiger partial charge in [0.1, 0.15) is 17.2 Å². The number of carboxylic acids is 1. The van der Waals surface area contributed by atoms with Crippen molar-refractivity contribution in [3.8, 4) is 17.2 Å². The van der Waals surface area contributed by atoms with E-state index in [1.54, 1.807) is 36.4 Å². The zero-order chi connectivity index (χ0) is 24.2. The Bertz CT molecular complexity index is 1190. The fraction of sp³-hybridized carbons (Fsp3) is 0.200. The quantitative estimate of drug-likeness (QED) is 0.391. The summed E-state index contributed by atoms with van der Waals surface area (Å²) < 4.78 is 11.5. The highest BCUT2D eigenvalue weighted by Gasteiger charge is 2.29. The van der Waals surface area contributed by atoms with E-state index in [0.717, 1.165) is 11.1 Å². The molecule has 3 aromatic rings. The number of hydrogen-bond acceptors (Lipinski definition) is 4. The molecule has 3 aromatic carbocycles. The van der Waals surface area contributed by atoms with Crippen molar-refractivity contribution in [1.29, 1.82) is 0 Å². The van der Waals surface area contributed by atoms with E-state index >= 15 is 0 Å². The average molecular weight is 488 g/mol. The lowest BCUT2D eigenvalue weighted by Crippen LogP contribution is -2.38. The Hall–Kier alpha value is -3.22. The summed E-state index contributed by atoms with van der Waals surface area (Å²) in [6.45, 7) is 5.08. The monoisotopic (exact) mass is 487 g/mol. The number of aryl methyl sites for hydroxylation is 1. The molecule has 0 atom stereocenters. The molecule has 0 unspecified atom stereocenters. The van der Waals surface area contributed by atoms with Crippen LogP contribution in [0.5, 0.6) is 17.2 Å². The highest BCUT2D eigenvalue weighted by molar-refractivity contribution is 6.36. The molecule has 0 fully saturated rings. The van der Waals surface area contributed by atoms with Gasteiger partial charge in [0.25, 0.3) is 5.91 Å². The first-order valence-corrected chi connectivity index (χ1v) is 10.8. The molecule has 6 nitrogen and oxygen atoms in total. The van der Waals surface area contributed by atoms with E-state index in [1.165, 1.54) is 19.9 Å². The summed E-state index contributed by atoms with van der Waals surface area (Å²) >= 11 is 12.0. The molecular formula is C25H23Cl2NO5. The summed E-state index contributed by atoms with van der Waals surface area (Å²) in [6, 6.07) is 17.2. The molecule has 0 saturated carbocycles. The van der Waals surface area contributed by atoms with Gasteiger partial charge in [0.05, 0.1) is 10.6 Å². The van der Waals surface area contributed by atoms with Crippen LogP contribution in [0.2, 0.25) is 10.0 Å². The number of nitrogens with one attached hydrogen (secondary N) is 1. The van der Waals surface area contributed by atoms with Crippen molar-refractivity contribution in [1.82, 2.24) is 5.32 Å². The Balaban J connectivity index is 1.66. The number of amides is 1. The van der Waals surface area contributed by atoms with Crippen LogP contribution in [0.25, 0.3) is 0 Å². The van der Waals surface area contributed by atoms with Gasteiger partial charge in [0.2, 0.25) is 0 Å². The Morgan fingerprint density at radius 3 is 2.39 bits per heavy atom. The molecule has 0 heterocycles. The fourth-order valence-corrected chi connectivity index (χ4v) is 3.42. The lowest BCUT2D eigenvalue weighted by molar-refractivity contribution is -0.152. The smallest absolute Gasteiger partial charge is 0.347 e. The minimum atomic E-state index is -1.35. The SMILES string of the molecule is Cc1cc(Oc2cccc(CNC(=O)c3ccc(Cl)cc3Cl)c2)ccc1OC(C)(C)C(=O)O. The average Bonchev–Trinajstić information content (AvgIpc) is 2.74. The van der Waals surface area contributed by atoms with E-state index in [-0.39, 0.29) is 17.5 Å². The molecule has 3 rings (SSSR count). The largest absolute Gasteiger partial charge is 0.478 e. The van der Waals surface area contributed by atoms with E-state index in [1.807, 2.05) is 25.1 Å². The maximum absolute atomic E-state index is 12.4. The molecule has 0 bridgehead atoms. The summed E-state index contributed by atoms with van der Waals surface area (Å²) in [6.07, 6.45) is 0. The summed E-state index contributed by atoms with van der Waals surface area (Å²) in [5, 5.41) is 12.8. The Morgan fingerprint density at radius 1 is 1.00 bits per heavy atom. The zero-order valence-corrected chi connectivity index (χ0v) is 19.8. The summed E-state index contributed by atoms with van der Waals surface area (Å²) in [4.78, 5) is 23.7. The number of benzene rings is 3. The molecule has 0 spiro atoms. The zero-order valence-electron chi connectivity index (χ0n) is 18.3. The van der Waals surface area contributed by atoms with E-state index < -0.39 is 11.6 Å². The molecular weight excluding hydrogens is 465 g/mol. The van der Waals surface area contributed by atoms with Gasteiger partial charge in [-0.2, -0.15) is 0 Å². The number of rotatable bonds is 8. The van der Waals surface area contributed by atoms with Crippen LogP contribution in [0.15, 0.2) is 60.7 Å². The first-order valence-electron chi connectivity index (χ1n) is 10.1. The second-order valence-electron chi connectivity index (χ2n) is 7.90. The maximum atomic E-state index is 12.4. The van der Waals surface area contributed by atoms with Gasteiger partial charge >= 0.3 is 5.97 Å². The number of ether oxygens (including phenoxy) is 2. The van der Waals surface area contributed by atoms with Gasteiger partial charge in [-0.25, -0.2) is 4.79 Å². The van der Waals surface area contributed by atoms with Crippen molar-refractivity contribution < 1.29 is 24.2 Å². The number of carboxylic acid groups (broad SMARTS) is 1. The third-order valence-electron chi connectivity index (χ3n) is 4.79. The molecule has 33 heavy (non-hydrogen) atoms. The second kappa shape index (κ2) is 10.1. The van der Waals surface area contributed by atoms with Gasteiger partial charge in [-0.05, 0) is 80.4 Å². The van der Waals surface area contributed by atoms with E-state index in [0.29, 0.717) is 27.8 Å². The van der Waals surface area contributed by atoms with Crippen molar-refractivity contribution in [2.75, 3.05) is 0 Å². The van der Waals surface area contributed by atoms with Crippen molar-refractivity contribution >= 4 is 35.1 Å². The molecule has 8 heteroatoms. The molecule has 1 amide bonds. The van der Waals surface area contributed by atoms with Crippen LogP contribution in [0.1, 0.15) is 35.3 Å². The highest BCUT2D eigenvalue weighted by atomic mass is 35.5. The minimum absolute atomic E-state index is 0.283. The maximum Gasteiger partial charge on any atom is 0.347 e. The number of hydrogen-bond donors (Lipinski definition) is 2. The van der Waals surface area contributed by atoms with Gasteiger partial charge in [0.15, 0.2) is 5.60 Å². The molecule has 0 radical (unpaired) electrons. The summed E-state index contributed by atoms with van der Waals surface area (Å²) in [5.74, 6) is 0.266. The van der Waals surface area contributed by atoms with Crippen LogP contribution in [0.4, 0.5) is 0 Å². The Morgan fingerprint density at radius 2 is 1.73 bits per heavy atom. The standard InChI is InChI=1S/C25H23Cl2NO5/c1-15-11-19(8-10-22(15)33-25(2,3)24(30)31)32-18-6-4-5-16(12-18)14-28-23(29)20-9-7-17(26)13-21(20)27/h4-13H,14H2,1-3H3,(H,28,29)(H,30,31). The molecule has 0 aliphatic carbocycles. The first kappa shape index (κ1) is 24.4. The molecule has 0 aromatic heterocycles. The van der Waals surface area contributed by atoms with Crippen molar-refractivity contribution in [2.45, 2.75) is 32.9 Å². The molecule has 0 saturated heterocycles. The molecule has 0 aliphatic heterocycles. The van der Waals surface area contributed by atoms with Crippen LogP contribution >= 0.6 is 23.2 Å². The van der Waals surface area contributed by atoms with Crippen molar-refractivity contribution in [2.24, 2.45) is 0 Å². The van der Waals surface area contributed by atoms with Gasteiger partial charge in [-0.1, -0.05) is 35.3 Å². The van der Waals surface area contributed by atoms with Crippen molar-refractivity contribution in [3.63, 3.8) is 0 Å². The summed E-state index contributed by atoms with van der Waals surface area (Å²) in [7, 11) is 0. The normalized spacial score (nSPS) is 11.1. The Labute approximate surface area is 202 Å². The lowest BCUT2D eigenvalue weighted by atomic mass is 10.1. The predicted octanol–water partition coefficient (Wildman–Crippen LogP) is 6.27. The number of carbonyl (C=O) groups is 2. The fourth-order valence-electron chi connectivity index (χ4n) is 2.92. The van der Waals surface area contributed by atoms with Gasteiger partial charge < -0.3 is 19.9 Å². The molecule has 2 N–H and O–H groups in total. The highest BCUT2D eigenvalue weighted by Crippen LogP contribution is 2.30. The topological polar surface area (TPSA) is 84.9 Å². The number of halogens is 2. The third-order valence-corrected chi connectivity index (χ3v) is 5.34. The molecule has 0 aliphatic rings. The first-order chi connectivity index (χ1) is 15.5. The van der Waals surface area contributed by atoms with Crippen LogP contribution < -0.4 is 14.8 Å². The van der Waals surface area contributed by atoms with Gasteiger partial charge in [-0.3, -0.25) is 4.79 Å². The number of aliphatic carboxylic acids is 1. The van der Waals surface area contributed by atoms with E-state index in [9.17, 15) is 14.7 Å². The van der Waals surface area contributed by atoms with E-state index in [4.69, 9.17) is 32.7 Å². The third kappa shape index (κ3) is 6.40. The minimum Gasteiger partial charge on any atom is -0.478 e. The van der Waals surface area contributed by atoms with Gasteiger partial charge in [-0.15, -0.1) is 0 Å². The second-order valence-corrected chi connectivity index (χ2v) is 8.74. The van der Waals surface area contributed by atoms with E-state index in [2.05, 4.69) is 5.32 Å².